The average molecular weight is 410 g/mol. The van der Waals surface area contributed by atoms with Gasteiger partial charge in [0.15, 0.2) is 5.78 Å². The lowest BCUT2D eigenvalue weighted by molar-refractivity contribution is -0.141. The summed E-state index contributed by atoms with van der Waals surface area (Å²) in [6.45, 7) is 0. The quantitative estimate of drug-likeness (QED) is 0.330. The molecule has 0 fully saturated rings. The van der Waals surface area contributed by atoms with Crippen molar-refractivity contribution in [2.24, 2.45) is 0 Å². The Labute approximate surface area is 168 Å². The van der Waals surface area contributed by atoms with Crippen LogP contribution in [-0.4, -0.2) is 30.1 Å². The Bertz CT molecular complexity index is 749. The van der Waals surface area contributed by atoms with Crippen LogP contribution in [0.2, 0.25) is 0 Å². The highest BCUT2D eigenvalue weighted by atomic mass is 19.4. The summed E-state index contributed by atoms with van der Waals surface area (Å²) in [6.07, 6.45) is 5.79. The Hall–Kier alpha value is -2.67. The van der Waals surface area contributed by atoms with E-state index >= 15 is 0 Å². The minimum atomic E-state index is -4.40. The molecular formula is C22H25F3O4. The van der Waals surface area contributed by atoms with Gasteiger partial charge in [0.1, 0.15) is 0 Å². The monoisotopic (exact) mass is 410 g/mol. The van der Waals surface area contributed by atoms with Crippen LogP contribution in [0.5, 0.6) is 0 Å². The third-order valence-corrected chi connectivity index (χ3v) is 3.97. The Morgan fingerprint density at radius 3 is 2.55 bits per heavy atom. The van der Waals surface area contributed by atoms with E-state index in [0.29, 0.717) is 18.4 Å². The van der Waals surface area contributed by atoms with E-state index in [4.69, 9.17) is 0 Å². The van der Waals surface area contributed by atoms with Gasteiger partial charge in [0.05, 0.1) is 18.8 Å². The minimum absolute atomic E-state index is 0.112. The van der Waals surface area contributed by atoms with E-state index in [1.165, 1.54) is 25.3 Å². The van der Waals surface area contributed by atoms with E-state index in [9.17, 15) is 27.9 Å². The fourth-order valence-electron chi connectivity index (χ4n) is 2.39. The van der Waals surface area contributed by atoms with Crippen LogP contribution in [0.1, 0.15) is 36.8 Å². The standard InChI is InChI=1S/C22H25F3O4/c1-29-21(28)13-7-12-19(26)10-4-2-3-5-11-20(27)15-14-17-8-6-9-18(16-17)22(23,24)25/h2-6,8-11,16,19,26H,7,12-15H2,1H3. The van der Waals surface area contributed by atoms with Crippen LogP contribution in [0.15, 0.2) is 60.7 Å². The number of esters is 1. The fourth-order valence-corrected chi connectivity index (χ4v) is 2.39. The van der Waals surface area contributed by atoms with Gasteiger partial charge in [-0.25, -0.2) is 0 Å². The number of allylic oxidation sites excluding steroid dienone is 5. The molecule has 1 atom stereocenters. The molecule has 0 radical (unpaired) electrons. The zero-order chi connectivity index (χ0) is 21.7. The van der Waals surface area contributed by atoms with Crippen LogP contribution in [0.3, 0.4) is 0 Å². The third kappa shape index (κ3) is 11.0. The molecule has 0 spiro atoms. The van der Waals surface area contributed by atoms with Gasteiger partial charge >= 0.3 is 12.1 Å². The molecule has 1 unspecified atom stereocenters. The largest absolute Gasteiger partial charge is 0.469 e. The number of ketones is 1. The minimum Gasteiger partial charge on any atom is -0.469 e. The maximum Gasteiger partial charge on any atom is 0.416 e. The van der Waals surface area contributed by atoms with Crippen LogP contribution >= 0.6 is 0 Å². The molecule has 0 aromatic heterocycles. The summed E-state index contributed by atoms with van der Waals surface area (Å²) in [7, 11) is 1.31. The molecule has 0 aliphatic carbocycles. The van der Waals surface area contributed by atoms with Crippen molar-refractivity contribution < 1.29 is 32.6 Å². The first kappa shape index (κ1) is 24.4. The molecule has 1 aromatic rings. The second-order valence-corrected chi connectivity index (χ2v) is 6.33. The summed E-state index contributed by atoms with van der Waals surface area (Å²) < 4.78 is 42.5. The number of alkyl halides is 3. The average Bonchev–Trinajstić information content (AvgIpc) is 2.68. The van der Waals surface area contributed by atoms with E-state index in [-0.39, 0.29) is 31.0 Å². The third-order valence-electron chi connectivity index (χ3n) is 3.97. The first-order valence-electron chi connectivity index (χ1n) is 9.17. The van der Waals surface area contributed by atoms with Gasteiger partial charge in [-0.05, 0) is 37.0 Å². The molecule has 0 saturated heterocycles. The molecule has 0 aliphatic rings. The molecule has 0 aliphatic heterocycles. The molecule has 158 valence electrons. The molecule has 0 saturated carbocycles. The Balaban J connectivity index is 2.33. The van der Waals surface area contributed by atoms with E-state index in [1.807, 2.05) is 0 Å². The lowest BCUT2D eigenvalue weighted by Crippen LogP contribution is -2.05. The summed E-state index contributed by atoms with van der Waals surface area (Å²) in [5.74, 6) is -0.511. The van der Waals surface area contributed by atoms with Crippen molar-refractivity contribution in [1.82, 2.24) is 0 Å². The predicted molar refractivity (Wildman–Crippen MR) is 104 cm³/mol. The second kappa shape index (κ2) is 12.7. The van der Waals surface area contributed by atoms with Gasteiger partial charge in [-0.15, -0.1) is 0 Å². The molecular weight excluding hydrogens is 385 g/mol. The smallest absolute Gasteiger partial charge is 0.416 e. The van der Waals surface area contributed by atoms with Crippen molar-refractivity contribution in [3.05, 3.63) is 71.8 Å². The highest BCUT2D eigenvalue weighted by molar-refractivity contribution is 5.90. The van der Waals surface area contributed by atoms with Crippen molar-refractivity contribution in [2.75, 3.05) is 7.11 Å². The Kier molecular flexibility index (Phi) is 10.7. The van der Waals surface area contributed by atoms with Gasteiger partial charge in [0.2, 0.25) is 0 Å². The van der Waals surface area contributed by atoms with E-state index in [1.54, 1.807) is 30.4 Å². The van der Waals surface area contributed by atoms with Crippen molar-refractivity contribution in [3.8, 4) is 0 Å². The molecule has 1 aromatic carbocycles. The topological polar surface area (TPSA) is 63.6 Å². The van der Waals surface area contributed by atoms with Crippen LogP contribution < -0.4 is 0 Å². The molecule has 7 heteroatoms. The van der Waals surface area contributed by atoms with Crippen molar-refractivity contribution in [1.29, 1.82) is 0 Å². The number of halogens is 3. The zero-order valence-corrected chi connectivity index (χ0v) is 16.2. The number of aliphatic hydroxyl groups is 1. The van der Waals surface area contributed by atoms with E-state index < -0.39 is 17.8 Å². The molecule has 29 heavy (non-hydrogen) atoms. The Morgan fingerprint density at radius 1 is 1.14 bits per heavy atom. The normalized spacial score (nSPS) is 13.4. The molecule has 0 heterocycles. The van der Waals surface area contributed by atoms with Crippen LogP contribution in [0.25, 0.3) is 0 Å². The molecule has 0 amide bonds. The second-order valence-electron chi connectivity index (χ2n) is 6.33. The molecule has 0 bridgehead atoms. The van der Waals surface area contributed by atoms with Gasteiger partial charge < -0.3 is 9.84 Å². The number of aliphatic hydroxyl groups excluding tert-OH is 1. The summed E-state index contributed by atoms with van der Waals surface area (Å²) in [4.78, 5) is 22.7. The number of rotatable bonds is 11. The fraction of sp³-hybridized carbons (Fsp3) is 0.364. The number of carbonyl (C=O) groups excluding carboxylic acids is 2. The number of hydrogen-bond acceptors (Lipinski definition) is 4. The first-order valence-corrected chi connectivity index (χ1v) is 9.17. The highest BCUT2D eigenvalue weighted by Crippen LogP contribution is 2.29. The van der Waals surface area contributed by atoms with Crippen molar-refractivity contribution >= 4 is 11.8 Å². The summed E-state index contributed by atoms with van der Waals surface area (Å²) in [6, 6.07) is 4.95. The van der Waals surface area contributed by atoms with Crippen LogP contribution in [0, 0.1) is 0 Å². The lowest BCUT2D eigenvalue weighted by Gasteiger charge is -2.08. The van der Waals surface area contributed by atoms with E-state index in [2.05, 4.69) is 4.74 Å². The van der Waals surface area contributed by atoms with Gasteiger partial charge in [-0.3, -0.25) is 9.59 Å². The summed E-state index contributed by atoms with van der Waals surface area (Å²) >= 11 is 0. The number of aryl methyl sites for hydroxylation is 1. The van der Waals surface area contributed by atoms with E-state index in [0.717, 1.165) is 12.1 Å². The van der Waals surface area contributed by atoms with Gasteiger partial charge in [-0.2, -0.15) is 13.2 Å². The molecule has 4 nitrogen and oxygen atoms in total. The van der Waals surface area contributed by atoms with Crippen LogP contribution in [0.4, 0.5) is 13.2 Å². The van der Waals surface area contributed by atoms with Gasteiger partial charge in [0, 0.05) is 12.8 Å². The number of ether oxygens (including phenoxy) is 1. The van der Waals surface area contributed by atoms with Crippen molar-refractivity contribution in [3.63, 3.8) is 0 Å². The maximum atomic E-state index is 12.7. The van der Waals surface area contributed by atoms with Gasteiger partial charge in [0.25, 0.3) is 0 Å². The summed E-state index contributed by atoms with van der Waals surface area (Å²) in [5, 5.41) is 9.71. The number of benzene rings is 1. The molecule has 1 N–H and O–H groups in total. The van der Waals surface area contributed by atoms with Gasteiger partial charge in [-0.1, -0.05) is 48.6 Å². The zero-order valence-electron chi connectivity index (χ0n) is 16.2. The number of methoxy groups -OCH3 is 1. The first-order chi connectivity index (χ1) is 13.7. The maximum absolute atomic E-state index is 12.7. The van der Waals surface area contributed by atoms with Crippen molar-refractivity contribution in [2.45, 2.75) is 44.4 Å². The molecule has 1 rings (SSSR count). The lowest BCUT2D eigenvalue weighted by atomic mass is 10.0. The number of carbonyl (C=O) groups is 2. The van der Waals surface area contributed by atoms with Crippen LogP contribution in [-0.2, 0) is 26.9 Å². The highest BCUT2D eigenvalue weighted by Gasteiger charge is 2.30. The number of hydrogen-bond donors (Lipinski definition) is 1. The Morgan fingerprint density at radius 2 is 1.86 bits per heavy atom. The SMILES string of the molecule is COC(=O)CCCC(O)C=CC=CC=CC(=O)CCc1cccc(C(F)(F)F)c1. The predicted octanol–water partition coefficient (Wildman–Crippen LogP) is 4.58. The summed E-state index contributed by atoms with van der Waals surface area (Å²) in [5.41, 5.74) is -0.263.